The first-order chi connectivity index (χ1) is 9.69. The maximum absolute atomic E-state index is 11.8. The lowest BCUT2D eigenvalue weighted by molar-refractivity contribution is -0.115. The third-order valence-electron chi connectivity index (χ3n) is 3.26. The molecule has 1 aliphatic rings. The first-order valence-electron chi connectivity index (χ1n) is 6.25. The summed E-state index contributed by atoms with van der Waals surface area (Å²) in [6.07, 6.45) is 0. The molecule has 0 bridgehead atoms. The summed E-state index contributed by atoms with van der Waals surface area (Å²) >= 11 is 3.51. The normalized spacial score (nSPS) is 13.9. The molecule has 0 aliphatic carbocycles. The lowest BCUT2D eigenvalue weighted by atomic mass is 10.1. The van der Waals surface area contributed by atoms with Crippen molar-refractivity contribution in [3.8, 4) is 0 Å². The fourth-order valence-electron chi connectivity index (χ4n) is 2.32. The second-order valence-corrected chi connectivity index (χ2v) is 5.45. The van der Waals surface area contributed by atoms with Crippen LogP contribution in [0, 0.1) is 0 Å². The van der Waals surface area contributed by atoms with Gasteiger partial charge in [-0.05, 0) is 45.8 Å². The third-order valence-corrected chi connectivity index (χ3v) is 3.89. The van der Waals surface area contributed by atoms with E-state index in [1.807, 2.05) is 47.4 Å². The number of hydrogen-bond acceptors (Lipinski definition) is 3. The van der Waals surface area contributed by atoms with Crippen LogP contribution in [0.2, 0.25) is 0 Å². The van der Waals surface area contributed by atoms with Crippen LogP contribution >= 0.6 is 15.9 Å². The number of anilines is 3. The van der Waals surface area contributed by atoms with Gasteiger partial charge in [-0.1, -0.05) is 18.2 Å². The number of benzene rings is 2. The summed E-state index contributed by atoms with van der Waals surface area (Å²) < 4.78 is 0.855. The summed E-state index contributed by atoms with van der Waals surface area (Å²) in [6.45, 7) is 0.268. The van der Waals surface area contributed by atoms with Crippen molar-refractivity contribution < 1.29 is 9.90 Å². The van der Waals surface area contributed by atoms with Crippen LogP contribution in [0.1, 0.15) is 5.56 Å². The SMILES string of the molecule is O=C1CN(c2ccc(CO)cc2Br)c2ccccc2N1. The maximum Gasteiger partial charge on any atom is 0.244 e. The zero-order valence-corrected chi connectivity index (χ0v) is 12.2. The molecular formula is C15H13BrN2O2. The van der Waals surface area contributed by atoms with E-state index >= 15 is 0 Å². The summed E-state index contributed by atoms with van der Waals surface area (Å²) in [5.74, 6) is -0.0400. The highest BCUT2D eigenvalue weighted by atomic mass is 79.9. The van der Waals surface area contributed by atoms with Gasteiger partial charge in [-0.15, -0.1) is 0 Å². The molecule has 0 radical (unpaired) electrons. The monoisotopic (exact) mass is 332 g/mol. The van der Waals surface area contributed by atoms with Crippen LogP contribution in [0.15, 0.2) is 46.9 Å². The summed E-state index contributed by atoms with van der Waals surface area (Å²) in [5.41, 5.74) is 3.51. The molecule has 0 aromatic heterocycles. The Hall–Kier alpha value is -1.85. The molecule has 2 N–H and O–H groups in total. The van der Waals surface area contributed by atoms with Crippen molar-refractivity contribution in [2.75, 3.05) is 16.8 Å². The number of hydrogen-bond donors (Lipinski definition) is 2. The summed E-state index contributed by atoms with van der Waals surface area (Å²) in [4.78, 5) is 13.8. The van der Waals surface area contributed by atoms with E-state index in [2.05, 4.69) is 21.2 Å². The van der Waals surface area contributed by atoms with Crippen molar-refractivity contribution in [3.63, 3.8) is 0 Å². The molecule has 1 amide bonds. The highest BCUT2D eigenvalue weighted by molar-refractivity contribution is 9.10. The quantitative estimate of drug-likeness (QED) is 0.888. The predicted molar refractivity (Wildman–Crippen MR) is 82.1 cm³/mol. The Balaban J connectivity index is 2.08. The molecule has 1 aliphatic heterocycles. The van der Waals surface area contributed by atoms with Gasteiger partial charge in [0.25, 0.3) is 0 Å². The van der Waals surface area contributed by atoms with E-state index in [1.165, 1.54) is 0 Å². The van der Waals surface area contributed by atoms with Gasteiger partial charge in [-0.2, -0.15) is 0 Å². The van der Waals surface area contributed by atoms with Gasteiger partial charge in [0.05, 0.1) is 23.7 Å². The van der Waals surface area contributed by atoms with Gasteiger partial charge >= 0.3 is 0 Å². The number of carbonyl (C=O) groups is 1. The molecule has 0 saturated carbocycles. The standard InChI is InChI=1S/C15H13BrN2O2/c16-11-7-10(9-19)5-6-13(11)18-8-15(20)17-12-3-1-2-4-14(12)18/h1-7,19H,8-9H2,(H,17,20). The number of rotatable bonds is 2. The minimum Gasteiger partial charge on any atom is -0.392 e. The number of aliphatic hydroxyl groups is 1. The number of aliphatic hydroxyl groups excluding tert-OH is 1. The topological polar surface area (TPSA) is 52.6 Å². The molecule has 0 unspecified atom stereocenters. The molecule has 0 fully saturated rings. The van der Waals surface area contributed by atoms with E-state index in [4.69, 9.17) is 5.11 Å². The Morgan fingerprint density at radius 1 is 1.20 bits per heavy atom. The van der Waals surface area contributed by atoms with Gasteiger partial charge in [-0.25, -0.2) is 0 Å². The van der Waals surface area contributed by atoms with Crippen LogP contribution in [0.25, 0.3) is 0 Å². The molecule has 102 valence electrons. The van der Waals surface area contributed by atoms with Crippen LogP contribution in [-0.2, 0) is 11.4 Å². The van der Waals surface area contributed by atoms with Crippen molar-refractivity contribution in [1.82, 2.24) is 0 Å². The molecule has 0 atom stereocenters. The molecule has 2 aromatic carbocycles. The van der Waals surface area contributed by atoms with Crippen LogP contribution < -0.4 is 10.2 Å². The van der Waals surface area contributed by atoms with Crippen molar-refractivity contribution >= 4 is 38.9 Å². The second-order valence-electron chi connectivity index (χ2n) is 4.60. The molecule has 20 heavy (non-hydrogen) atoms. The Labute approximate surface area is 125 Å². The van der Waals surface area contributed by atoms with Gasteiger partial charge < -0.3 is 15.3 Å². The van der Waals surface area contributed by atoms with Gasteiger partial charge in [0.1, 0.15) is 6.54 Å². The van der Waals surface area contributed by atoms with Crippen LogP contribution in [0.5, 0.6) is 0 Å². The number of nitrogens with zero attached hydrogens (tertiary/aromatic N) is 1. The van der Waals surface area contributed by atoms with Crippen molar-refractivity contribution in [2.45, 2.75) is 6.61 Å². The average Bonchev–Trinajstić information content (AvgIpc) is 2.46. The van der Waals surface area contributed by atoms with Gasteiger partial charge in [-0.3, -0.25) is 4.79 Å². The first-order valence-corrected chi connectivity index (χ1v) is 7.04. The molecule has 1 heterocycles. The largest absolute Gasteiger partial charge is 0.392 e. The number of fused-ring (bicyclic) bond motifs is 1. The molecule has 0 saturated heterocycles. The first kappa shape index (κ1) is 13.1. The summed E-state index contributed by atoms with van der Waals surface area (Å²) in [5, 5.41) is 12.0. The smallest absolute Gasteiger partial charge is 0.244 e. The zero-order chi connectivity index (χ0) is 14.1. The van der Waals surface area contributed by atoms with Crippen molar-refractivity contribution in [3.05, 3.63) is 52.5 Å². The van der Waals surface area contributed by atoms with E-state index in [0.29, 0.717) is 0 Å². The van der Waals surface area contributed by atoms with Gasteiger partial charge in [0.15, 0.2) is 0 Å². The maximum atomic E-state index is 11.8. The Morgan fingerprint density at radius 3 is 2.75 bits per heavy atom. The Kier molecular flexibility index (Phi) is 3.46. The molecular weight excluding hydrogens is 320 g/mol. The molecule has 2 aromatic rings. The summed E-state index contributed by atoms with van der Waals surface area (Å²) in [6, 6.07) is 13.3. The van der Waals surface area contributed by atoms with Gasteiger partial charge in [0, 0.05) is 4.47 Å². The fourth-order valence-corrected chi connectivity index (χ4v) is 2.96. The van der Waals surface area contributed by atoms with Crippen LogP contribution in [0.4, 0.5) is 17.1 Å². The lowest BCUT2D eigenvalue weighted by Gasteiger charge is -2.31. The molecule has 3 rings (SSSR count). The summed E-state index contributed by atoms with van der Waals surface area (Å²) in [7, 11) is 0. The fraction of sp³-hybridized carbons (Fsp3) is 0.133. The third kappa shape index (κ3) is 2.30. The molecule has 4 nitrogen and oxygen atoms in total. The van der Waals surface area contributed by atoms with E-state index < -0.39 is 0 Å². The van der Waals surface area contributed by atoms with Crippen molar-refractivity contribution in [1.29, 1.82) is 0 Å². The number of amides is 1. The number of carbonyl (C=O) groups excluding carboxylic acids is 1. The number of nitrogens with one attached hydrogen (secondary N) is 1. The second kappa shape index (κ2) is 5.26. The van der Waals surface area contributed by atoms with E-state index in [-0.39, 0.29) is 19.1 Å². The van der Waals surface area contributed by atoms with E-state index in [9.17, 15) is 4.79 Å². The van der Waals surface area contributed by atoms with Gasteiger partial charge in [0.2, 0.25) is 5.91 Å². The highest BCUT2D eigenvalue weighted by Gasteiger charge is 2.24. The highest BCUT2D eigenvalue weighted by Crippen LogP contribution is 2.38. The zero-order valence-electron chi connectivity index (χ0n) is 10.6. The Bertz CT molecular complexity index is 673. The van der Waals surface area contributed by atoms with E-state index in [1.54, 1.807) is 0 Å². The number of para-hydroxylation sites is 2. The lowest BCUT2D eigenvalue weighted by Crippen LogP contribution is -2.35. The van der Waals surface area contributed by atoms with E-state index in [0.717, 1.165) is 27.1 Å². The average molecular weight is 333 g/mol. The predicted octanol–water partition coefficient (Wildman–Crippen LogP) is 3.03. The molecule has 5 heteroatoms. The number of halogens is 1. The van der Waals surface area contributed by atoms with Crippen LogP contribution in [-0.4, -0.2) is 17.6 Å². The van der Waals surface area contributed by atoms with Crippen molar-refractivity contribution in [2.24, 2.45) is 0 Å². The Morgan fingerprint density at radius 2 is 2.00 bits per heavy atom. The van der Waals surface area contributed by atoms with Crippen LogP contribution in [0.3, 0.4) is 0 Å². The molecule has 0 spiro atoms. The minimum atomic E-state index is -0.0400. The minimum absolute atomic E-state index is 0.00401.